The normalized spacial score (nSPS) is 10.7. The zero-order chi connectivity index (χ0) is 16.4. The van der Waals surface area contributed by atoms with Crippen LogP contribution in [0.5, 0.6) is 0 Å². The molecule has 1 heterocycles. The van der Waals surface area contributed by atoms with Crippen molar-refractivity contribution in [2.45, 2.75) is 13.5 Å². The number of hydrogen-bond acceptors (Lipinski definition) is 4. The second-order valence-electron chi connectivity index (χ2n) is 5.14. The van der Waals surface area contributed by atoms with Gasteiger partial charge in [0.1, 0.15) is 5.82 Å². The molecule has 2 N–H and O–H groups in total. The van der Waals surface area contributed by atoms with Crippen LogP contribution in [0.2, 0.25) is 0 Å². The number of benzene rings is 2. The highest BCUT2D eigenvalue weighted by Crippen LogP contribution is 2.19. The van der Waals surface area contributed by atoms with E-state index < -0.39 is 4.92 Å². The number of nitro groups is 1. The van der Waals surface area contributed by atoms with E-state index in [1.54, 1.807) is 19.1 Å². The van der Waals surface area contributed by atoms with Gasteiger partial charge in [0, 0.05) is 17.2 Å². The quantitative estimate of drug-likeness (QED) is 0.571. The minimum Gasteiger partial charge on any atom is -0.345 e. The molecule has 0 saturated carbocycles. The van der Waals surface area contributed by atoms with Gasteiger partial charge in [0.15, 0.2) is 0 Å². The van der Waals surface area contributed by atoms with Crippen molar-refractivity contribution in [1.29, 1.82) is 0 Å². The molecule has 0 fully saturated rings. The Morgan fingerprint density at radius 2 is 2.09 bits per heavy atom. The van der Waals surface area contributed by atoms with Crippen molar-refractivity contribution in [1.82, 2.24) is 15.3 Å². The van der Waals surface area contributed by atoms with E-state index in [4.69, 9.17) is 0 Å². The maximum atomic E-state index is 12.1. The van der Waals surface area contributed by atoms with E-state index in [-0.39, 0.29) is 23.7 Å². The van der Waals surface area contributed by atoms with E-state index in [1.807, 2.05) is 24.3 Å². The van der Waals surface area contributed by atoms with Gasteiger partial charge in [-0.3, -0.25) is 14.9 Å². The fourth-order valence-electron chi connectivity index (χ4n) is 2.30. The number of carbonyl (C=O) groups is 1. The van der Waals surface area contributed by atoms with Gasteiger partial charge in [-0.1, -0.05) is 18.2 Å². The highest BCUT2D eigenvalue weighted by atomic mass is 16.6. The van der Waals surface area contributed by atoms with Crippen LogP contribution in [0.4, 0.5) is 5.69 Å². The largest absolute Gasteiger partial charge is 0.345 e. The molecule has 2 aromatic carbocycles. The van der Waals surface area contributed by atoms with Gasteiger partial charge in [-0.05, 0) is 25.1 Å². The van der Waals surface area contributed by atoms with Gasteiger partial charge < -0.3 is 10.3 Å². The SMILES string of the molecule is Cc1ccc(C(=O)NCc2nc3ccccc3[nH]2)cc1[N+](=O)[O-]. The Bertz CT molecular complexity index is 868. The first-order valence-electron chi connectivity index (χ1n) is 7.01. The molecule has 0 spiro atoms. The average Bonchev–Trinajstić information content (AvgIpc) is 2.95. The maximum Gasteiger partial charge on any atom is 0.273 e. The van der Waals surface area contributed by atoms with E-state index >= 15 is 0 Å². The number of aromatic nitrogens is 2. The van der Waals surface area contributed by atoms with Gasteiger partial charge in [0.25, 0.3) is 11.6 Å². The van der Waals surface area contributed by atoms with Gasteiger partial charge in [-0.2, -0.15) is 0 Å². The Morgan fingerprint density at radius 3 is 2.83 bits per heavy atom. The van der Waals surface area contributed by atoms with Gasteiger partial charge >= 0.3 is 0 Å². The Balaban J connectivity index is 1.74. The molecule has 7 heteroatoms. The predicted molar refractivity (Wildman–Crippen MR) is 85.1 cm³/mol. The lowest BCUT2D eigenvalue weighted by Crippen LogP contribution is -2.23. The summed E-state index contributed by atoms with van der Waals surface area (Å²) >= 11 is 0. The number of rotatable bonds is 4. The molecule has 0 aliphatic heterocycles. The number of amides is 1. The molecular weight excluding hydrogens is 296 g/mol. The fourth-order valence-corrected chi connectivity index (χ4v) is 2.30. The molecule has 23 heavy (non-hydrogen) atoms. The summed E-state index contributed by atoms with van der Waals surface area (Å²) in [5, 5.41) is 13.6. The van der Waals surface area contributed by atoms with Crippen molar-refractivity contribution in [3.8, 4) is 0 Å². The van der Waals surface area contributed by atoms with Crippen molar-refractivity contribution >= 4 is 22.6 Å². The second kappa shape index (κ2) is 5.88. The third-order valence-corrected chi connectivity index (χ3v) is 3.52. The molecule has 116 valence electrons. The number of aromatic amines is 1. The first kappa shape index (κ1) is 14.7. The van der Waals surface area contributed by atoms with Crippen molar-refractivity contribution in [2.75, 3.05) is 0 Å². The lowest BCUT2D eigenvalue weighted by Gasteiger charge is -2.04. The fraction of sp³-hybridized carbons (Fsp3) is 0.125. The molecular formula is C16H14N4O3. The van der Waals surface area contributed by atoms with Crippen LogP contribution >= 0.6 is 0 Å². The van der Waals surface area contributed by atoms with E-state index in [1.165, 1.54) is 6.07 Å². The zero-order valence-electron chi connectivity index (χ0n) is 12.4. The van der Waals surface area contributed by atoms with Crippen LogP contribution < -0.4 is 5.32 Å². The number of hydrogen-bond donors (Lipinski definition) is 2. The number of nitrogens with one attached hydrogen (secondary N) is 2. The second-order valence-corrected chi connectivity index (χ2v) is 5.14. The molecule has 3 rings (SSSR count). The first-order chi connectivity index (χ1) is 11.0. The predicted octanol–water partition coefficient (Wildman–Crippen LogP) is 2.71. The van der Waals surface area contributed by atoms with E-state index in [0.717, 1.165) is 11.0 Å². The van der Waals surface area contributed by atoms with E-state index in [2.05, 4.69) is 15.3 Å². The van der Waals surface area contributed by atoms with Crippen LogP contribution in [-0.2, 0) is 6.54 Å². The van der Waals surface area contributed by atoms with E-state index in [0.29, 0.717) is 11.4 Å². The highest BCUT2D eigenvalue weighted by Gasteiger charge is 2.15. The van der Waals surface area contributed by atoms with Crippen LogP contribution in [0.25, 0.3) is 11.0 Å². The van der Waals surface area contributed by atoms with Gasteiger partial charge in [-0.15, -0.1) is 0 Å². The molecule has 0 aliphatic rings. The summed E-state index contributed by atoms with van der Waals surface area (Å²) < 4.78 is 0. The van der Waals surface area contributed by atoms with Crippen molar-refractivity contribution in [3.05, 3.63) is 69.5 Å². The van der Waals surface area contributed by atoms with Crippen molar-refractivity contribution < 1.29 is 9.72 Å². The molecule has 0 atom stereocenters. The summed E-state index contributed by atoms with van der Waals surface area (Å²) in [6, 6.07) is 12.0. The summed E-state index contributed by atoms with van der Waals surface area (Å²) in [4.78, 5) is 30.1. The summed E-state index contributed by atoms with van der Waals surface area (Å²) in [5.41, 5.74) is 2.41. The molecule has 0 aliphatic carbocycles. The summed E-state index contributed by atoms with van der Waals surface area (Å²) in [5.74, 6) is 0.245. The third-order valence-electron chi connectivity index (χ3n) is 3.52. The third kappa shape index (κ3) is 3.03. The Hall–Kier alpha value is -3.22. The monoisotopic (exact) mass is 310 g/mol. The Labute approximate surface area is 131 Å². The standard InChI is InChI=1S/C16H14N4O3/c1-10-6-7-11(8-14(10)20(22)23)16(21)17-9-15-18-12-4-2-3-5-13(12)19-15/h2-8H,9H2,1H3,(H,17,21)(H,18,19). The number of aryl methyl sites for hydroxylation is 1. The minimum absolute atomic E-state index is 0.0682. The number of nitrogens with zero attached hydrogens (tertiary/aromatic N) is 2. The average molecular weight is 310 g/mol. The van der Waals surface area contributed by atoms with Crippen LogP contribution in [0.15, 0.2) is 42.5 Å². The number of H-pyrrole nitrogens is 1. The molecule has 0 saturated heterocycles. The molecule has 0 radical (unpaired) electrons. The lowest BCUT2D eigenvalue weighted by atomic mass is 10.1. The van der Waals surface area contributed by atoms with Crippen molar-refractivity contribution in [3.63, 3.8) is 0 Å². The summed E-state index contributed by atoms with van der Waals surface area (Å²) in [6.07, 6.45) is 0. The van der Waals surface area contributed by atoms with E-state index in [9.17, 15) is 14.9 Å². The Morgan fingerprint density at radius 1 is 1.30 bits per heavy atom. The smallest absolute Gasteiger partial charge is 0.273 e. The first-order valence-corrected chi connectivity index (χ1v) is 7.01. The molecule has 3 aromatic rings. The van der Waals surface area contributed by atoms with Crippen LogP contribution in [-0.4, -0.2) is 20.8 Å². The number of nitro benzene ring substituents is 1. The molecule has 7 nitrogen and oxygen atoms in total. The number of fused-ring (bicyclic) bond motifs is 1. The van der Waals surface area contributed by atoms with Crippen molar-refractivity contribution in [2.24, 2.45) is 0 Å². The topological polar surface area (TPSA) is 101 Å². The molecule has 1 amide bonds. The summed E-state index contributed by atoms with van der Waals surface area (Å²) in [7, 11) is 0. The Kier molecular flexibility index (Phi) is 3.76. The lowest BCUT2D eigenvalue weighted by molar-refractivity contribution is -0.385. The van der Waals surface area contributed by atoms with Gasteiger partial charge in [-0.25, -0.2) is 4.98 Å². The molecule has 0 unspecified atom stereocenters. The van der Waals surface area contributed by atoms with Crippen LogP contribution in [0, 0.1) is 17.0 Å². The number of imidazole rings is 1. The van der Waals surface area contributed by atoms with Crippen LogP contribution in [0.3, 0.4) is 0 Å². The van der Waals surface area contributed by atoms with Gasteiger partial charge in [0.05, 0.1) is 22.5 Å². The summed E-state index contributed by atoms with van der Waals surface area (Å²) in [6.45, 7) is 1.85. The van der Waals surface area contributed by atoms with Crippen LogP contribution in [0.1, 0.15) is 21.7 Å². The molecule has 1 aromatic heterocycles. The highest BCUT2D eigenvalue weighted by molar-refractivity contribution is 5.94. The van der Waals surface area contributed by atoms with Gasteiger partial charge in [0.2, 0.25) is 0 Å². The molecule has 0 bridgehead atoms. The number of para-hydroxylation sites is 2. The minimum atomic E-state index is -0.495. The zero-order valence-corrected chi connectivity index (χ0v) is 12.4. The number of carbonyl (C=O) groups excluding carboxylic acids is 1. The maximum absolute atomic E-state index is 12.1.